The van der Waals surface area contributed by atoms with Crippen LogP contribution in [0.2, 0.25) is 0 Å². The Bertz CT molecular complexity index is 353. The number of hydrogen-bond donors (Lipinski definition) is 1. The largest absolute Gasteiger partial charge is 0.507 e. The number of halogens is 1. The van der Waals surface area contributed by atoms with Crippen LogP contribution in [0, 0.1) is 0 Å². The zero-order chi connectivity index (χ0) is 11.6. The summed E-state index contributed by atoms with van der Waals surface area (Å²) in [7, 11) is 1.66. The van der Waals surface area contributed by atoms with Gasteiger partial charge < -0.3 is 9.84 Å². The molecular weight excluding hydrogens is 256 g/mol. The number of methoxy groups -OCH3 is 1. The molecular formula is C12H17BrO2. The van der Waals surface area contributed by atoms with Gasteiger partial charge in [-0.05, 0) is 38.5 Å². The van der Waals surface area contributed by atoms with Crippen molar-refractivity contribution in [1.82, 2.24) is 0 Å². The van der Waals surface area contributed by atoms with E-state index < -0.39 is 0 Å². The highest BCUT2D eigenvalue weighted by Crippen LogP contribution is 2.36. The monoisotopic (exact) mass is 272 g/mol. The zero-order valence-corrected chi connectivity index (χ0v) is 11.2. The van der Waals surface area contributed by atoms with Crippen molar-refractivity contribution in [3.8, 4) is 5.75 Å². The summed E-state index contributed by atoms with van der Waals surface area (Å²) in [4.78, 5) is 0. The van der Waals surface area contributed by atoms with Gasteiger partial charge in [-0.15, -0.1) is 0 Å². The maximum absolute atomic E-state index is 9.61. The van der Waals surface area contributed by atoms with Crippen molar-refractivity contribution in [3.63, 3.8) is 0 Å². The molecule has 1 rings (SSSR count). The highest BCUT2D eigenvalue weighted by atomic mass is 79.9. The third-order valence-corrected chi connectivity index (χ3v) is 3.20. The van der Waals surface area contributed by atoms with Crippen molar-refractivity contribution in [2.75, 3.05) is 7.11 Å². The molecule has 0 saturated heterocycles. The van der Waals surface area contributed by atoms with Crippen molar-refractivity contribution < 1.29 is 9.84 Å². The molecule has 1 aromatic rings. The molecule has 15 heavy (non-hydrogen) atoms. The van der Waals surface area contributed by atoms with Gasteiger partial charge in [-0.3, -0.25) is 0 Å². The molecule has 0 bridgehead atoms. The van der Waals surface area contributed by atoms with E-state index in [4.69, 9.17) is 4.74 Å². The predicted octanol–water partition coefficient (Wildman–Crippen LogP) is 3.60. The molecule has 0 atom stereocenters. The molecule has 0 aliphatic rings. The molecule has 3 heteroatoms. The summed E-state index contributed by atoms with van der Waals surface area (Å²) < 4.78 is 5.89. The van der Waals surface area contributed by atoms with Crippen LogP contribution in [0.3, 0.4) is 0 Å². The lowest BCUT2D eigenvalue weighted by atomic mass is 9.84. The van der Waals surface area contributed by atoms with Crippen molar-refractivity contribution in [3.05, 3.63) is 27.7 Å². The van der Waals surface area contributed by atoms with E-state index in [2.05, 4.69) is 36.7 Å². The minimum absolute atomic E-state index is 0.0457. The normalized spacial score (nSPS) is 11.8. The highest BCUT2D eigenvalue weighted by Gasteiger charge is 2.20. The molecule has 84 valence electrons. The maximum Gasteiger partial charge on any atom is 0.130 e. The van der Waals surface area contributed by atoms with Crippen molar-refractivity contribution in [1.29, 1.82) is 0 Å². The standard InChI is InChI=1S/C12H17BrO2/c1-12(2,3)9-5-6-10(14)11(13)8(9)7-15-4/h5-6,14H,7H2,1-4H3. The lowest BCUT2D eigenvalue weighted by molar-refractivity contribution is 0.182. The number of phenols is 1. The van der Waals surface area contributed by atoms with Gasteiger partial charge >= 0.3 is 0 Å². The number of rotatable bonds is 2. The van der Waals surface area contributed by atoms with Gasteiger partial charge in [0.2, 0.25) is 0 Å². The molecule has 1 aromatic carbocycles. The van der Waals surface area contributed by atoms with Crippen LogP contribution in [-0.4, -0.2) is 12.2 Å². The summed E-state index contributed by atoms with van der Waals surface area (Å²) in [5.74, 6) is 0.259. The lowest BCUT2D eigenvalue weighted by Gasteiger charge is -2.24. The highest BCUT2D eigenvalue weighted by molar-refractivity contribution is 9.10. The first kappa shape index (κ1) is 12.5. The number of hydrogen-bond acceptors (Lipinski definition) is 2. The molecule has 2 nitrogen and oxygen atoms in total. The minimum atomic E-state index is 0.0457. The molecule has 0 unspecified atom stereocenters. The van der Waals surface area contributed by atoms with Crippen LogP contribution >= 0.6 is 15.9 Å². The molecule has 1 N–H and O–H groups in total. The molecule has 0 spiro atoms. The molecule has 0 aromatic heterocycles. The Kier molecular flexibility index (Phi) is 3.79. The molecule has 0 aliphatic carbocycles. The van der Waals surface area contributed by atoms with Crippen molar-refractivity contribution in [2.45, 2.75) is 32.8 Å². The summed E-state index contributed by atoms with van der Waals surface area (Å²) in [6.07, 6.45) is 0. The number of aromatic hydroxyl groups is 1. The molecule has 0 heterocycles. The van der Waals surface area contributed by atoms with Crippen molar-refractivity contribution >= 4 is 15.9 Å². The third-order valence-electron chi connectivity index (χ3n) is 2.32. The second-order valence-electron chi connectivity index (χ2n) is 4.61. The van der Waals surface area contributed by atoms with E-state index in [0.717, 1.165) is 10.0 Å². The maximum atomic E-state index is 9.61. The van der Waals surface area contributed by atoms with E-state index in [1.807, 2.05) is 6.07 Å². The first-order valence-electron chi connectivity index (χ1n) is 4.87. The number of benzene rings is 1. The Morgan fingerprint density at radius 2 is 1.93 bits per heavy atom. The van der Waals surface area contributed by atoms with Crippen LogP contribution in [0.4, 0.5) is 0 Å². The smallest absolute Gasteiger partial charge is 0.130 e. The van der Waals surface area contributed by atoms with Gasteiger partial charge in [-0.2, -0.15) is 0 Å². The van der Waals surface area contributed by atoms with Gasteiger partial charge in [0.25, 0.3) is 0 Å². The Labute approximate surface area is 99.4 Å². The average molecular weight is 273 g/mol. The molecule has 0 fully saturated rings. The number of ether oxygens (including phenoxy) is 1. The fourth-order valence-corrected chi connectivity index (χ4v) is 2.06. The minimum Gasteiger partial charge on any atom is -0.507 e. The zero-order valence-electron chi connectivity index (χ0n) is 9.60. The van der Waals surface area contributed by atoms with Crippen LogP contribution in [0.1, 0.15) is 31.9 Å². The summed E-state index contributed by atoms with van der Waals surface area (Å²) in [6, 6.07) is 3.66. The molecule has 0 saturated carbocycles. The molecule has 0 amide bonds. The van der Waals surface area contributed by atoms with E-state index in [1.165, 1.54) is 5.56 Å². The van der Waals surface area contributed by atoms with E-state index >= 15 is 0 Å². The fourth-order valence-electron chi connectivity index (χ4n) is 1.60. The van der Waals surface area contributed by atoms with E-state index in [1.54, 1.807) is 13.2 Å². The first-order chi connectivity index (χ1) is 6.88. The Morgan fingerprint density at radius 1 is 1.33 bits per heavy atom. The van der Waals surface area contributed by atoms with Crippen LogP contribution in [-0.2, 0) is 16.8 Å². The van der Waals surface area contributed by atoms with Crippen LogP contribution in [0.25, 0.3) is 0 Å². The quantitative estimate of drug-likeness (QED) is 0.892. The second kappa shape index (κ2) is 4.54. The van der Waals surface area contributed by atoms with Crippen molar-refractivity contribution in [2.24, 2.45) is 0 Å². The van der Waals surface area contributed by atoms with Gasteiger partial charge in [-0.25, -0.2) is 0 Å². The topological polar surface area (TPSA) is 29.5 Å². The SMILES string of the molecule is COCc1c(C(C)(C)C)ccc(O)c1Br. The fraction of sp³-hybridized carbons (Fsp3) is 0.500. The molecule has 0 aliphatic heterocycles. The van der Waals surface area contributed by atoms with Crippen LogP contribution < -0.4 is 0 Å². The van der Waals surface area contributed by atoms with Crippen LogP contribution in [0.5, 0.6) is 5.75 Å². The first-order valence-corrected chi connectivity index (χ1v) is 5.67. The summed E-state index contributed by atoms with van der Waals surface area (Å²) in [5, 5.41) is 9.61. The Morgan fingerprint density at radius 3 is 2.40 bits per heavy atom. The van der Waals surface area contributed by atoms with Gasteiger partial charge in [-0.1, -0.05) is 26.8 Å². The van der Waals surface area contributed by atoms with Gasteiger partial charge in [0, 0.05) is 7.11 Å². The summed E-state index contributed by atoms with van der Waals surface area (Å²) in [5.41, 5.74) is 2.25. The lowest BCUT2D eigenvalue weighted by Crippen LogP contribution is -2.15. The van der Waals surface area contributed by atoms with E-state index in [-0.39, 0.29) is 11.2 Å². The molecule has 0 radical (unpaired) electrons. The van der Waals surface area contributed by atoms with E-state index in [9.17, 15) is 5.11 Å². The van der Waals surface area contributed by atoms with Gasteiger partial charge in [0.05, 0.1) is 11.1 Å². The predicted molar refractivity (Wildman–Crippen MR) is 65.2 cm³/mol. The van der Waals surface area contributed by atoms with Crippen LogP contribution in [0.15, 0.2) is 16.6 Å². The third kappa shape index (κ3) is 2.73. The Balaban J connectivity index is 3.33. The summed E-state index contributed by atoms with van der Waals surface area (Å²) in [6.45, 7) is 6.93. The van der Waals surface area contributed by atoms with Gasteiger partial charge in [0.15, 0.2) is 0 Å². The Hall–Kier alpha value is -0.540. The van der Waals surface area contributed by atoms with E-state index in [0.29, 0.717) is 6.61 Å². The summed E-state index contributed by atoms with van der Waals surface area (Å²) >= 11 is 3.39. The average Bonchev–Trinajstić information content (AvgIpc) is 2.11. The second-order valence-corrected chi connectivity index (χ2v) is 5.40. The number of phenolic OH excluding ortho intramolecular Hbond substituents is 1. The van der Waals surface area contributed by atoms with Gasteiger partial charge in [0.1, 0.15) is 5.75 Å².